The van der Waals surface area contributed by atoms with Gasteiger partial charge in [-0.05, 0) is 61.0 Å². The van der Waals surface area contributed by atoms with E-state index < -0.39 is 0 Å². The summed E-state index contributed by atoms with van der Waals surface area (Å²) >= 11 is 8.00. The molecule has 0 amide bonds. The van der Waals surface area contributed by atoms with Crippen molar-refractivity contribution < 1.29 is 9.47 Å². The molecule has 0 bridgehead atoms. The lowest BCUT2D eigenvalue weighted by molar-refractivity contribution is 0.415. The number of nitrogens with one attached hydrogen (secondary N) is 1. The van der Waals surface area contributed by atoms with Gasteiger partial charge >= 0.3 is 0 Å². The summed E-state index contributed by atoms with van der Waals surface area (Å²) in [7, 11) is 3.31. The number of anilines is 2. The van der Waals surface area contributed by atoms with Gasteiger partial charge < -0.3 is 9.47 Å². The van der Waals surface area contributed by atoms with Gasteiger partial charge in [0.2, 0.25) is 5.95 Å². The highest BCUT2D eigenvalue weighted by Gasteiger charge is 2.14. The molecular formula is C24H20ClN5O2S. The summed E-state index contributed by atoms with van der Waals surface area (Å²) in [5.74, 6) is 2.61. The molecule has 0 radical (unpaired) electrons. The molecule has 2 aromatic carbocycles. The zero-order valence-corrected chi connectivity index (χ0v) is 19.7. The first-order valence-corrected chi connectivity index (χ1v) is 11.3. The summed E-state index contributed by atoms with van der Waals surface area (Å²) in [6.45, 7) is 1.98. The van der Waals surface area contributed by atoms with Crippen LogP contribution in [0, 0.1) is 6.92 Å². The first-order valence-electron chi connectivity index (χ1n) is 10.1. The van der Waals surface area contributed by atoms with Crippen LogP contribution in [-0.4, -0.2) is 33.7 Å². The third-order valence-electron chi connectivity index (χ3n) is 5.22. The van der Waals surface area contributed by atoms with Crippen LogP contribution in [-0.2, 0) is 0 Å². The van der Waals surface area contributed by atoms with Gasteiger partial charge in [-0.1, -0.05) is 22.9 Å². The van der Waals surface area contributed by atoms with Gasteiger partial charge in [-0.25, -0.2) is 9.97 Å². The molecular weight excluding hydrogens is 458 g/mol. The largest absolute Gasteiger partial charge is 0.497 e. The second-order valence-electron chi connectivity index (χ2n) is 7.26. The average Bonchev–Trinajstić information content (AvgIpc) is 3.42. The number of benzene rings is 2. The van der Waals surface area contributed by atoms with E-state index in [9.17, 15) is 0 Å². The Morgan fingerprint density at radius 3 is 2.48 bits per heavy atom. The van der Waals surface area contributed by atoms with E-state index in [1.165, 1.54) is 11.3 Å². The van der Waals surface area contributed by atoms with Crippen LogP contribution in [0.5, 0.6) is 11.5 Å². The monoisotopic (exact) mass is 477 g/mol. The minimum Gasteiger partial charge on any atom is -0.497 e. The Labute approximate surface area is 199 Å². The van der Waals surface area contributed by atoms with Crippen molar-refractivity contribution >= 4 is 44.9 Å². The van der Waals surface area contributed by atoms with Crippen LogP contribution in [0.15, 0.2) is 60.9 Å². The normalized spacial score (nSPS) is 11.0. The first kappa shape index (κ1) is 21.2. The van der Waals surface area contributed by atoms with Gasteiger partial charge in [-0.2, -0.15) is 4.98 Å². The number of halogens is 1. The number of aromatic nitrogens is 4. The molecule has 1 N–H and O–H groups in total. The number of fused-ring (bicyclic) bond motifs is 1. The molecule has 3 heterocycles. The van der Waals surface area contributed by atoms with E-state index in [2.05, 4.69) is 20.3 Å². The number of rotatable bonds is 6. The molecule has 0 aliphatic rings. The molecule has 0 saturated carbocycles. The molecule has 0 aliphatic heterocycles. The van der Waals surface area contributed by atoms with Crippen LogP contribution < -0.4 is 14.8 Å². The number of nitrogens with zero attached hydrogens (tertiary/aromatic N) is 4. The zero-order chi connectivity index (χ0) is 22.9. The second kappa shape index (κ2) is 8.73. The van der Waals surface area contributed by atoms with E-state index >= 15 is 0 Å². The predicted molar refractivity (Wildman–Crippen MR) is 133 cm³/mol. The van der Waals surface area contributed by atoms with Crippen molar-refractivity contribution in [3.8, 4) is 27.8 Å². The number of hydrogen-bond donors (Lipinski definition) is 1. The van der Waals surface area contributed by atoms with Crippen LogP contribution in [0.1, 0.15) is 5.69 Å². The minimum atomic E-state index is 0.416. The number of hydrogen-bond acceptors (Lipinski definition) is 7. The molecule has 0 aliphatic carbocycles. The molecule has 0 unspecified atom stereocenters. The molecule has 0 saturated heterocycles. The second-order valence-corrected chi connectivity index (χ2v) is 8.67. The quantitative estimate of drug-likeness (QED) is 0.311. The minimum absolute atomic E-state index is 0.416. The van der Waals surface area contributed by atoms with Crippen LogP contribution in [0.4, 0.5) is 11.1 Å². The Kier molecular flexibility index (Phi) is 5.62. The summed E-state index contributed by atoms with van der Waals surface area (Å²) in [6.07, 6.45) is 3.52. The molecule has 3 aromatic heterocycles. The lowest BCUT2D eigenvalue weighted by Gasteiger charge is -2.09. The molecule has 9 heteroatoms. The number of ether oxygens (including phenoxy) is 2. The fourth-order valence-corrected chi connectivity index (χ4v) is 4.72. The Balaban J connectivity index is 1.46. The van der Waals surface area contributed by atoms with Crippen LogP contribution in [0.25, 0.3) is 27.2 Å². The maximum absolute atomic E-state index is 6.46. The molecule has 5 rings (SSSR count). The smallest absolute Gasteiger partial charge is 0.231 e. The summed E-state index contributed by atoms with van der Waals surface area (Å²) < 4.78 is 12.5. The summed E-state index contributed by atoms with van der Waals surface area (Å²) in [5.41, 5.74) is 2.97. The van der Waals surface area contributed by atoms with E-state index in [0.29, 0.717) is 21.9 Å². The Morgan fingerprint density at radius 2 is 1.73 bits per heavy atom. The zero-order valence-electron chi connectivity index (χ0n) is 18.2. The van der Waals surface area contributed by atoms with Crippen molar-refractivity contribution in [2.45, 2.75) is 6.92 Å². The Morgan fingerprint density at radius 1 is 0.970 bits per heavy atom. The van der Waals surface area contributed by atoms with Crippen molar-refractivity contribution in [2.24, 2.45) is 0 Å². The van der Waals surface area contributed by atoms with Gasteiger partial charge in [-0.3, -0.25) is 9.88 Å². The lowest BCUT2D eigenvalue weighted by Crippen LogP contribution is -2.03. The molecule has 0 atom stereocenters. The maximum Gasteiger partial charge on any atom is 0.231 e. The van der Waals surface area contributed by atoms with Gasteiger partial charge in [0.1, 0.15) is 16.5 Å². The molecule has 166 valence electrons. The van der Waals surface area contributed by atoms with Crippen molar-refractivity contribution in [1.29, 1.82) is 0 Å². The fourth-order valence-electron chi connectivity index (χ4n) is 3.58. The average molecular weight is 478 g/mol. The highest BCUT2D eigenvalue weighted by Crippen LogP contribution is 2.35. The van der Waals surface area contributed by atoms with Gasteiger partial charge in [-0.15, -0.1) is 0 Å². The molecule has 7 nitrogen and oxygen atoms in total. The first-order chi connectivity index (χ1) is 16.1. The van der Waals surface area contributed by atoms with E-state index in [1.807, 2.05) is 66.2 Å². The molecule has 33 heavy (non-hydrogen) atoms. The van der Waals surface area contributed by atoms with E-state index in [1.54, 1.807) is 20.4 Å². The van der Waals surface area contributed by atoms with Crippen LogP contribution >= 0.6 is 22.9 Å². The van der Waals surface area contributed by atoms with Crippen molar-refractivity contribution in [1.82, 2.24) is 19.5 Å². The highest BCUT2D eigenvalue weighted by molar-refractivity contribution is 7.19. The summed E-state index contributed by atoms with van der Waals surface area (Å²) in [4.78, 5) is 14.7. The van der Waals surface area contributed by atoms with Gasteiger partial charge in [0.05, 0.1) is 36.5 Å². The standard InChI is InChI=1S/C24H20ClN5O2S/c1-14-21(15-4-6-17(31-2)7-5-15)33-24(27-14)29-23-26-13-19(25)22(28-23)30-11-10-16-12-18(32-3)8-9-20(16)30/h4-13H,1-3H3,(H,26,27,28,29). The van der Waals surface area contributed by atoms with Gasteiger partial charge in [0, 0.05) is 11.6 Å². The Hall–Kier alpha value is -3.62. The number of thiazole rings is 1. The molecule has 5 aromatic rings. The van der Waals surface area contributed by atoms with Crippen LogP contribution in [0.3, 0.4) is 0 Å². The highest BCUT2D eigenvalue weighted by atomic mass is 35.5. The fraction of sp³-hybridized carbons (Fsp3) is 0.125. The number of aryl methyl sites for hydroxylation is 1. The third-order valence-corrected chi connectivity index (χ3v) is 6.61. The molecule has 0 spiro atoms. The van der Waals surface area contributed by atoms with E-state index in [0.717, 1.165) is 38.5 Å². The predicted octanol–water partition coefficient (Wildman–Crippen LogP) is 6.27. The third kappa shape index (κ3) is 4.10. The van der Waals surface area contributed by atoms with Crippen molar-refractivity contribution in [3.05, 3.63) is 71.6 Å². The maximum atomic E-state index is 6.46. The lowest BCUT2D eigenvalue weighted by atomic mass is 10.1. The van der Waals surface area contributed by atoms with Gasteiger partial charge in [0.25, 0.3) is 0 Å². The molecule has 0 fully saturated rings. The van der Waals surface area contributed by atoms with Gasteiger partial charge in [0.15, 0.2) is 10.9 Å². The van der Waals surface area contributed by atoms with E-state index in [-0.39, 0.29) is 0 Å². The SMILES string of the molecule is COc1ccc(-c2sc(Nc3ncc(Cl)c(-n4ccc5cc(OC)ccc54)n3)nc2C)cc1. The Bertz CT molecular complexity index is 1450. The van der Waals surface area contributed by atoms with Crippen molar-refractivity contribution in [3.63, 3.8) is 0 Å². The summed E-state index contributed by atoms with van der Waals surface area (Å²) in [6, 6.07) is 15.8. The van der Waals surface area contributed by atoms with Crippen molar-refractivity contribution in [2.75, 3.05) is 19.5 Å². The number of methoxy groups -OCH3 is 2. The summed E-state index contributed by atoms with van der Waals surface area (Å²) in [5, 5.41) is 5.40. The topological polar surface area (TPSA) is 74.1 Å². The van der Waals surface area contributed by atoms with E-state index in [4.69, 9.17) is 21.1 Å². The van der Waals surface area contributed by atoms with Crippen LogP contribution in [0.2, 0.25) is 5.02 Å².